The van der Waals surface area contributed by atoms with Crippen LogP contribution >= 0.6 is 11.6 Å². The second-order valence-electron chi connectivity index (χ2n) is 6.98. The van der Waals surface area contributed by atoms with E-state index in [1.807, 2.05) is 6.92 Å². The Morgan fingerprint density at radius 1 is 1.19 bits per heavy atom. The molecule has 3 heterocycles. The molecule has 0 bridgehead atoms. The molecule has 10 heteroatoms. The van der Waals surface area contributed by atoms with Gasteiger partial charge in [0, 0.05) is 28.7 Å². The van der Waals surface area contributed by atoms with Crippen LogP contribution in [-0.4, -0.2) is 32.8 Å². The summed E-state index contributed by atoms with van der Waals surface area (Å²) in [5.74, 6) is -1.17. The molecule has 0 spiro atoms. The smallest absolute Gasteiger partial charge is 0.280 e. The highest BCUT2D eigenvalue weighted by Gasteiger charge is 2.21. The van der Waals surface area contributed by atoms with Crippen molar-refractivity contribution in [2.24, 2.45) is 0 Å². The van der Waals surface area contributed by atoms with Gasteiger partial charge in [-0.25, -0.2) is 19.0 Å². The molecule has 0 fully saturated rings. The van der Waals surface area contributed by atoms with E-state index in [1.165, 1.54) is 42.3 Å². The lowest BCUT2D eigenvalue weighted by Gasteiger charge is -2.14. The topological polar surface area (TPSA) is 99.0 Å². The zero-order valence-electron chi connectivity index (χ0n) is 17.3. The van der Waals surface area contributed by atoms with Gasteiger partial charge in [-0.15, -0.1) is 0 Å². The molecule has 0 aliphatic heterocycles. The lowest BCUT2D eigenvalue weighted by Crippen LogP contribution is -2.28. The maximum atomic E-state index is 14.7. The Morgan fingerprint density at radius 2 is 1.97 bits per heavy atom. The Hall–Kier alpha value is -3.85. The van der Waals surface area contributed by atoms with Crippen molar-refractivity contribution in [3.8, 4) is 11.6 Å². The van der Waals surface area contributed by atoms with Crippen LogP contribution in [0.1, 0.15) is 21.7 Å². The van der Waals surface area contributed by atoms with E-state index in [-0.39, 0.29) is 27.6 Å². The lowest BCUT2D eigenvalue weighted by atomic mass is 10.1. The van der Waals surface area contributed by atoms with Gasteiger partial charge in [-0.05, 0) is 49.7 Å². The van der Waals surface area contributed by atoms with E-state index >= 15 is 0 Å². The summed E-state index contributed by atoms with van der Waals surface area (Å²) in [4.78, 5) is 34.4. The highest BCUT2D eigenvalue weighted by atomic mass is 35.5. The third kappa shape index (κ3) is 3.90. The monoisotopic (exact) mass is 453 g/mol. The number of ether oxygens (including phenoxy) is 1. The Labute approximate surface area is 186 Å². The zero-order chi connectivity index (χ0) is 23.0. The molecule has 0 aliphatic carbocycles. The lowest BCUT2D eigenvalue weighted by molar-refractivity contribution is 0.102. The quantitative estimate of drug-likeness (QED) is 0.504. The molecule has 0 saturated carbocycles. The number of pyridine rings is 2. The van der Waals surface area contributed by atoms with Crippen LogP contribution < -0.4 is 15.5 Å². The van der Waals surface area contributed by atoms with E-state index in [4.69, 9.17) is 16.3 Å². The van der Waals surface area contributed by atoms with E-state index in [1.54, 1.807) is 13.0 Å². The SMILES string of the molecule is COc1cc(NC(=O)c2nn(-c3ccc(Cl)cc3F)c3cc(C)c(C)nc3c2=O)ccn1. The average Bonchev–Trinajstić information content (AvgIpc) is 2.76. The molecule has 1 aromatic carbocycles. The molecule has 1 N–H and O–H groups in total. The van der Waals surface area contributed by atoms with Crippen LogP contribution in [0.3, 0.4) is 0 Å². The minimum absolute atomic E-state index is 0.00471. The molecule has 0 atom stereocenters. The van der Waals surface area contributed by atoms with Gasteiger partial charge < -0.3 is 10.1 Å². The molecule has 0 aliphatic rings. The van der Waals surface area contributed by atoms with Crippen molar-refractivity contribution in [3.63, 3.8) is 0 Å². The van der Waals surface area contributed by atoms with Crippen LogP contribution in [0.15, 0.2) is 47.4 Å². The number of hydrogen-bond donors (Lipinski definition) is 1. The molecule has 0 unspecified atom stereocenters. The van der Waals surface area contributed by atoms with Gasteiger partial charge in [-0.3, -0.25) is 9.59 Å². The maximum absolute atomic E-state index is 14.7. The van der Waals surface area contributed by atoms with Gasteiger partial charge in [0.15, 0.2) is 5.69 Å². The summed E-state index contributed by atoms with van der Waals surface area (Å²) in [6, 6.07) is 8.73. The molecule has 1 amide bonds. The number of carbonyl (C=O) groups excluding carboxylic acids is 1. The first-order valence-corrected chi connectivity index (χ1v) is 9.84. The Balaban J connectivity index is 1.93. The molecular weight excluding hydrogens is 437 g/mol. The van der Waals surface area contributed by atoms with Crippen molar-refractivity contribution in [2.75, 3.05) is 12.4 Å². The fourth-order valence-electron chi connectivity index (χ4n) is 3.11. The number of halogens is 2. The van der Waals surface area contributed by atoms with Crippen molar-refractivity contribution in [1.82, 2.24) is 19.7 Å². The van der Waals surface area contributed by atoms with Crippen molar-refractivity contribution in [3.05, 3.63) is 80.6 Å². The fourth-order valence-corrected chi connectivity index (χ4v) is 3.26. The highest BCUT2D eigenvalue weighted by Crippen LogP contribution is 2.22. The van der Waals surface area contributed by atoms with Crippen LogP contribution in [0.4, 0.5) is 10.1 Å². The average molecular weight is 454 g/mol. The van der Waals surface area contributed by atoms with Crippen LogP contribution in [0.2, 0.25) is 5.02 Å². The first-order chi connectivity index (χ1) is 15.3. The second-order valence-corrected chi connectivity index (χ2v) is 7.42. The van der Waals surface area contributed by atoms with Crippen molar-refractivity contribution in [1.29, 1.82) is 0 Å². The van der Waals surface area contributed by atoms with Crippen molar-refractivity contribution >= 4 is 34.2 Å². The summed E-state index contributed by atoms with van der Waals surface area (Å²) < 4.78 is 21.0. The van der Waals surface area contributed by atoms with E-state index in [0.717, 1.165) is 11.6 Å². The number of methoxy groups -OCH3 is 1. The van der Waals surface area contributed by atoms with Crippen LogP contribution in [0.5, 0.6) is 5.88 Å². The molecule has 3 aromatic heterocycles. The number of fused-ring (bicyclic) bond motifs is 1. The third-order valence-corrected chi connectivity index (χ3v) is 5.09. The molecule has 4 rings (SSSR count). The summed E-state index contributed by atoms with van der Waals surface area (Å²) in [5.41, 5.74) is 0.892. The van der Waals surface area contributed by atoms with Gasteiger partial charge in [0.25, 0.3) is 5.91 Å². The van der Waals surface area contributed by atoms with Crippen LogP contribution in [0, 0.1) is 19.7 Å². The standard InChI is InChI=1S/C22H17ClFN5O3/c1-11-8-17-19(26-12(11)2)21(30)20(22(31)27-14-6-7-25-18(10-14)32-3)28-29(17)16-5-4-13(23)9-15(16)24/h4-10H,1-3H3,(H,25,27,31). The highest BCUT2D eigenvalue weighted by molar-refractivity contribution is 6.30. The first-order valence-electron chi connectivity index (χ1n) is 9.46. The third-order valence-electron chi connectivity index (χ3n) is 4.86. The molecule has 162 valence electrons. The largest absolute Gasteiger partial charge is 0.481 e. The van der Waals surface area contributed by atoms with E-state index in [2.05, 4.69) is 20.4 Å². The van der Waals surface area contributed by atoms with Crippen molar-refractivity contribution < 1.29 is 13.9 Å². The molecule has 0 radical (unpaired) electrons. The second kappa shape index (κ2) is 8.35. The summed E-state index contributed by atoms with van der Waals surface area (Å²) in [6.07, 6.45) is 1.44. The number of aryl methyl sites for hydroxylation is 2. The van der Waals surface area contributed by atoms with Crippen LogP contribution in [0.25, 0.3) is 16.7 Å². The number of hydrogen-bond acceptors (Lipinski definition) is 6. The predicted octanol–water partition coefficient (Wildman–Crippen LogP) is 3.85. The number of carbonyl (C=O) groups is 1. The number of nitrogens with zero attached hydrogens (tertiary/aromatic N) is 4. The normalized spacial score (nSPS) is 10.9. The molecular formula is C22H17ClFN5O3. The summed E-state index contributed by atoms with van der Waals surface area (Å²) in [7, 11) is 1.44. The Bertz CT molecular complexity index is 1440. The number of anilines is 1. The van der Waals surface area contributed by atoms with E-state index in [9.17, 15) is 14.0 Å². The van der Waals surface area contributed by atoms with Gasteiger partial charge >= 0.3 is 0 Å². The minimum atomic E-state index is -0.784. The van der Waals surface area contributed by atoms with Gasteiger partial charge in [0.1, 0.15) is 17.0 Å². The predicted molar refractivity (Wildman–Crippen MR) is 118 cm³/mol. The minimum Gasteiger partial charge on any atom is -0.481 e. The van der Waals surface area contributed by atoms with E-state index in [0.29, 0.717) is 11.4 Å². The van der Waals surface area contributed by atoms with Gasteiger partial charge in [-0.1, -0.05) is 11.6 Å². The number of rotatable bonds is 4. The molecule has 32 heavy (non-hydrogen) atoms. The number of aromatic nitrogens is 4. The number of amides is 1. The summed E-state index contributed by atoms with van der Waals surface area (Å²) in [5, 5.41) is 6.98. The Kier molecular flexibility index (Phi) is 5.58. The first kappa shape index (κ1) is 21.4. The van der Waals surface area contributed by atoms with Gasteiger partial charge in [0.2, 0.25) is 11.3 Å². The van der Waals surface area contributed by atoms with Gasteiger partial charge in [-0.2, -0.15) is 5.10 Å². The molecule has 8 nitrogen and oxygen atoms in total. The van der Waals surface area contributed by atoms with Gasteiger partial charge in [0.05, 0.1) is 12.6 Å². The number of benzene rings is 1. The molecule has 4 aromatic rings. The summed E-state index contributed by atoms with van der Waals surface area (Å²) in [6.45, 7) is 3.55. The zero-order valence-corrected chi connectivity index (χ0v) is 18.1. The van der Waals surface area contributed by atoms with E-state index < -0.39 is 22.8 Å². The maximum Gasteiger partial charge on any atom is 0.280 e. The van der Waals surface area contributed by atoms with Crippen LogP contribution in [-0.2, 0) is 0 Å². The number of nitrogens with one attached hydrogen (secondary N) is 1. The van der Waals surface area contributed by atoms with Crippen molar-refractivity contribution in [2.45, 2.75) is 13.8 Å². The molecule has 0 saturated heterocycles. The fraction of sp³-hybridized carbons (Fsp3) is 0.136. The Morgan fingerprint density at radius 3 is 2.69 bits per heavy atom. The summed E-state index contributed by atoms with van der Waals surface area (Å²) >= 11 is 5.88.